The Labute approximate surface area is 117 Å². The highest BCUT2D eigenvalue weighted by Gasteiger charge is 2.51. The lowest BCUT2D eigenvalue weighted by molar-refractivity contribution is -0.165. The van der Waals surface area contributed by atoms with Crippen LogP contribution < -0.4 is 0 Å². The first kappa shape index (κ1) is 13.6. The van der Waals surface area contributed by atoms with E-state index >= 15 is 0 Å². The van der Waals surface area contributed by atoms with Gasteiger partial charge in [0.05, 0.1) is 12.6 Å². The van der Waals surface area contributed by atoms with Crippen LogP contribution in [0.2, 0.25) is 0 Å². The molecule has 1 saturated carbocycles. The summed E-state index contributed by atoms with van der Waals surface area (Å²) in [5, 5.41) is 19.9. The predicted molar refractivity (Wildman–Crippen MR) is 71.9 cm³/mol. The van der Waals surface area contributed by atoms with E-state index in [1.165, 1.54) is 0 Å². The number of nitrogens with zero attached hydrogens (tertiary/aromatic N) is 2. The molecule has 0 aromatic carbocycles. The standard InChI is InChI=1S/C14H21N3O3/c18-11-3-6-17(8-12-15-4-5-16-12)9-14(11,13(19)20)7-10-1-2-10/h4-5,10-11,18H,1-3,6-9H2,(H,15,16)(H,19,20)/t11-,14+/m0/s1. The van der Waals surface area contributed by atoms with Crippen LogP contribution in [0.1, 0.15) is 31.5 Å². The van der Waals surface area contributed by atoms with Crippen molar-refractivity contribution in [3.05, 3.63) is 18.2 Å². The lowest BCUT2D eigenvalue weighted by Gasteiger charge is -2.43. The molecule has 0 spiro atoms. The number of aliphatic hydroxyl groups excluding tert-OH is 1. The number of imidazole rings is 1. The van der Waals surface area contributed by atoms with Gasteiger partial charge in [-0.25, -0.2) is 4.98 Å². The van der Waals surface area contributed by atoms with Crippen LogP contribution in [0, 0.1) is 11.3 Å². The monoisotopic (exact) mass is 279 g/mol. The Bertz CT molecular complexity index is 472. The van der Waals surface area contributed by atoms with E-state index in [4.69, 9.17) is 0 Å². The Hall–Kier alpha value is -1.40. The summed E-state index contributed by atoms with van der Waals surface area (Å²) < 4.78 is 0. The quantitative estimate of drug-likeness (QED) is 0.743. The predicted octanol–water partition coefficient (Wildman–Crippen LogP) is 0.847. The number of aliphatic hydroxyl groups is 1. The van der Waals surface area contributed by atoms with Crippen LogP contribution in [0.15, 0.2) is 12.4 Å². The molecule has 0 bridgehead atoms. The second-order valence-corrected chi connectivity index (χ2v) is 6.16. The van der Waals surface area contributed by atoms with E-state index in [-0.39, 0.29) is 0 Å². The van der Waals surface area contributed by atoms with Crippen molar-refractivity contribution in [3.8, 4) is 0 Å². The third-order valence-electron chi connectivity index (χ3n) is 4.57. The number of aromatic nitrogens is 2. The van der Waals surface area contributed by atoms with Gasteiger partial charge in [0.1, 0.15) is 11.2 Å². The maximum Gasteiger partial charge on any atom is 0.313 e. The molecule has 1 aliphatic heterocycles. The molecule has 1 aromatic rings. The van der Waals surface area contributed by atoms with Gasteiger partial charge in [0, 0.05) is 25.5 Å². The molecule has 0 radical (unpaired) electrons. The number of rotatable bonds is 5. The topological polar surface area (TPSA) is 89.5 Å². The molecule has 20 heavy (non-hydrogen) atoms. The van der Waals surface area contributed by atoms with Gasteiger partial charge in [0.15, 0.2) is 0 Å². The first-order valence-electron chi connectivity index (χ1n) is 7.22. The summed E-state index contributed by atoms with van der Waals surface area (Å²) in [6.45, 7) is 1.72. The van der Waals surface area contributed by atoms with E-state index in [1.54, 1.807) is 12.4 Å². The van der Waals surface area contributed by atoms with Gasteiger partial charge < -0.3 is 15.2 Å². The molecule has 2 heterocycles. The number of carboxylic acids is 1. The van der Waals surface area contributed by atoms with Gasteiger partial charge in [-0.15, -0.1) is 0 Å². The lowest BCUT2D eigenvalue weighted by atomic mass is 9.73. The highest BCUT2D eigenvalue weighted by molar-refractivity contribution is 5.76. The van der Waals surface area contributed by atoms with Crippen molar-refractivity contribution < 1.29 is 15.0 Å². The minimum atomic E-state index is -1.01. The Morgan fingerprint density at radius 3 is 2.90 bits per heavy atom. The molecule has 2 atom stereocenters. The fourth-order valence-corrected chi connectivity index (χ4v) is 3.23. The zero-order valence-electron chi connectivity index (χ0n) is 11.5. The molecule has 0 amide bonds. The molecule has 110 valence electrons. The molecule has 6 nitrogen and oxygen atoms in total. The molecule has 1 aromatic heterocycles. The average Bonchev–Trinajstić information content (AvgIpc) is 3.07. The Kier molecular flexibility index (Phi) is 3.52. The number of nitrogens with one attached hydrogen (secondary N) is 1. The maximum atomic E-state index is 11.8. The van der Waals surface area contributed by atoms with Gasteiger partial charge in [0.25, 0.3) is 0 Å². The Balaban J connectivity index is 1.74. The second kappa shape index (κ2) is 5.18. The van der Waals surface area contributed by atoms with Crippen LogP contribution >= 0.6 is 0 Å². The summed E-state index contributed by atoms with van der Waals surface area (Å²) in [7, 11) is 0. The second-order valence-electron chi connectivity index (χ2n) is 6.16. The molecular formula is C14H21N3O3. The number of carboxylic acid groups (broad SMARTS) is 1. The highest BCUT2D eigenvalue weighted by Crippen LogP contribution is 2.45. The minimum absolute atomic E-state index is 0.403. The Morgan fingerprint density at radius 1 is 1.50 bits per heavy atom. The first-order valence-corrected chi connectivity index (χ1v) is 7.22. The molecule has 3 N–H and O–H groups in total. The maximum absolute atomic E-state index is 11.8. The third kappa shape index (κ3) is 2.58. The molecule has 6 heteroatoms. The van der Waals surface area contributed by atoms with Crippen molar-refractivity contribution >= 4 is 5.97 Å². The van der Waals surface area contributed by atoms with Crippen LogP contribution in [0.3, 0.4) is 0 Å². The van der Waals surface area contributed by atoms with Gasteiger partial charge in [-0.3, -0.25) is 9.69 Å². The highest BCUT2D eigenvalue weighted by atomic mass is 16.4. The summed E-state index contributed by atoms with van der Waals surface area (Å²) in [5.74, 6) is 0.456. The van der Waals surface area contributed by atoms with Crippen LogP contribution in [-0.2, 0) is 11.3 Å². The van der Waals surface area contributed by atoms with Crippen molar-refractivity contribution in [3.63, 3.8) is 0 Å². The number of aliphatic carboxylic acids is 1. The van der Waals surface area contributed by atoms with Crippen molar-refractivity contribution in [1.82, 2.24) is 14.9 Å². The smallest absolute Gasteiger partial charge is 0.313 e. The third-order valence-corrected chi connectivity index (χ3v) is 4.57. The van der Waals surface area contributed by atoms with Gasteiger partial charge in [-0.2, -0.15) is 0 Å². The molecule has 3 rings (SSSR count). The van der Waals surface area contributed by atoms with Crippen LogP contribution in [0.4, 0.5) is 0 Å². The summed E-state index contributed by atoms with van der Waals surface area (Å²) in [5.41, 5.74) is -1.01. The summed E-state index contributed by atoms with van der Waals surface area (Å²) in [6, 6.07) is 0. The van der Waals surface area contributed by atoms with Gasteiger partial charge in [-0.05, 0) is 18.8 Å². The van der Waals surface area contributed by atoms with Crippen LogP contribution in [0.25, 0.3) is 0 Å². The van der Waals surface area contributed by atoms with E-state index in [0.717, 1.165) is 18.7 Å². The van der Waals surface area contributed by atoms with E-state index in [9.17, 15) is 15.0 Å². The van der Waals surface area contributed by atoms with Crippen LogP contribution in [0.5, 0.6) is 0 Å². The summed E-state index contributed by atoms with van der Waals surface area (Å²) in [4.78, 5) is 21.1. The zero-order chi connectivity index (χ0) is 14.2. The Morgan fingerprint density at radius 2 is 2.30 bits per heavy atom. The number of likely N-dealkylation sites (tertiary alicyclic amines) is 1. The molecule has 2 fully saturated rings. The molecular weight excluding hydrogens is 258 g/mol. The van der Waals surface area contributed by atoms with Gasteiger partial charge in [0.2, 0.25) is 0 Å². The first-order chi connectivity index (χ1) is 9.60. The number of carbonyl (C=O) groups is 1. The largest absolute Gasteiger partial charge is 0.481 e. The molecule has 0 unspecified atom stereocenters. The number of H-pyrrole nitrogens is 1. The number of hydrogen-bond donors (Lipinski definition) is 3. The van der Waals surface area contributed by atoms with Crippen molar-refractivity contribution in [1.29, 1.82) is 0 Å². The zero-order valence-corrected chi connectivity index (χ0v) is 11.5. The van der Waals surface area contributed by atoms with Gasteiger partial charge >= 0.3 is 5.97 Å². The fourth-order valence-electron chi connectivity index (χ4n) is 3.23. The summed E-state index contributed by atoms with van der Waals surface area (Å²) in [6.07, 6.45) is 6.02. The van der Waals surface area contributed by atoms with Crippen LogP contribution in [-0.4, -0.2) is 50.2 Å². The van der Waals surface area contributed by atoms with Gasteiger partial charge in [-0.1, -0.05) is 12.8 Å². The minimum Gasteiger partial charge on any atom is -0.481 e. The fraction of sp³-hybridized carbons (Fsp3) is 0.714. The lowest BCUT2D eigenvalue weighted by Crippen LogP contribution is -2.56. The van der Waals surface area contributed by atoms with E-state index < -0.39 is 17.5 Å². The molecule has 1 aliphatic carbocycles. The van der Waals surface area contributed by atoms with Crippen molar-refractivity contribution in [2.24, 2.45) is 11.3 Å². The van der Waals surface area contributed by atoms with E-state index in [0.29, 0.717) is 38.4 Å². The van der Waals surface area contributed by atoms with Crippen molar-refractivity contribution in [2.45, 2.75) is 38.3 Å². The number of aromatic amines is 1. The molecule has 2 aliphatic rings. The SMILES string of the molecule is O=C(O)[C@]1(CC2CC2)CN(Cc2ncc[nH]2)CC[C@@H]1O. The normalized spacial score (nSPS) is 31.4. The van der Waals surface area contributed by atoms with E-state index in [1.807, 2.05) is 0 Å². The number of piperidine rings is 1. The summed E-state index contributed by atoms with van der Waals surface area (Å²) >= 11 is 0. The number of hydrogen-bond acceptors (Lipinski definition) is 4. The van der Waals surface area contributed by atoms with Crippen molar-refractivity contribution in [2.75, 3.05) is 13.1 Å². The average molecular weight is 279 g/mol. The van der Waals surface area contributed by atoms with E-state index in [2.05, 4.69) is 14.9 Å². The molecule has 1 saturated heterocycles.